The van der Waals surface area contributed by atoms with Crippen molar-refractivity contribution in [2.75, 3.05) is 13.1 Å². The summed E-state index contributed by atoms with van der Waals surface area (Å²) in [7, 11) is -5.51. The molecule has 144 valence electrons. The molecule has 12 heteroatoms. The molecule has 0 amide bonds. The second kappa shape index (κ2) is 7.54. The SMILES string of the molecule is CCN(CC)S(=O)(=O)c1sc([Si](C)(C)C)cc1-c1nnnn1OC(C)=O. The van der Waals surface area contributed by atoms with E-state index >= 15 is 0 Å². The monoisotopic (exact) mass is 417 g/mol. The van der Waals surface area contributed by atoms with E-state index < -0.39 is 24.1 Å². The van der Waals surface area contributed by atoms with Gasteiger partial charge in [0.2, 0.25) is 5.82 Å². The fourth-order valence-corrected chi connectivity index (χ4v) is 7.61. The highest BCUT2D eigenvalue weighted by Crippen LogP contribution is 2.33. The third-order valence-corrected chi connectivity index (χ3v) is 10.9. The molecule has 0 N–H and O–H groups in total. The average molecular weight is 418 g/mol. The van der Waals surface area contributed by atoms with Gasteiger partial charge in [0.1, 0.15) is 4.21 Å². The molecule has 0 spiro atoms. The van der Waals surface area contributed by atoms with E-state index in [1.54, 1.807) is 19.9 Å². The van der Waals surface area contributed by atoms with E-state index in [0.717, 1.165) is 9.35 Å². The molecule has 2 aromatic rings. The van der Waals surface area contributed by atoms with E-state index in [4.69, 9.17) is 4.84 Å². The minimum Gasteiger partial charge on any atom is -0.316 e. The first-order valence-corrected chi connectivity index (χ1v) is 13.9. The molecule has 2 aromatic heterocycles. The van der Waals surface area contributed by atoms with Crippen LogP contribution < -0.4 is 9.34 Å². The molecule has 0 saturated heterocycles. The zero-order valence-electron chi connectivity index (χ0n) is 15.7. The normalized spacial score (nSPS) is 12.6. The predicted molar refractivity (Wildman–Crippen MR) is 101 cm³/mol. The third-order valence-electron chi connectivity index (χ3n) is 3.61. The second-order valence-corrected chi connectivity index (χ2v) is 15.2. The quantitative estimate of drug-likeness (QED) is 0.487. The van der Waals surface area contributed by atoms with Crippen molar-refractivity contribution >= 4 is 39.9 Å². The van der Waals surface area contributed by atoms with Gasteiger partial charge in [-0.15, -0.1) is 16.4 Å². The average Bonchev–Trinajstić information content (AvgIpc) is 3.13. The summed E-state index contributed by atoms with van der Waals surface area (Å²) in [5, 5.41) is 11.0. The zero-order chi connectivity index (χ0) is 19.7. The number of tetrazole rings is 1. The maximum atomic E-state index is 13.2. The Labute approximate surface area is 158 Å². The maximum Gasteiger partial charge on any atom is 0.332 e. The van der Waals surface area contributed by atoms with Crippen molar-refractivity contribution in [2.45, 2.75) is 44.6 Å². The number of hydrogen-bond acceptors (Lipinski definition) is 8. The Kier molecular flexibility index (Phi) is 6.00. The second-order valence-electron chi connectivity index (χ2n) is 6.61. The number of nitrogens with zero attached hydrogens (tertiary/aromatic N) is 5. The lowest BCUT2D eigenvalue weighted by atomic mass is 10.3. The van der Waals surface area contributed by atoms with Gasteiger partial charge in [0.25, 0.3) is 10.0 Å². The van der Waals surface area contributed by atoms with Crippen LogP contribution in [0.4, 0.5) is 0 Å². The molecule has 0 aliphatic carbocycles. The van der Waals surface area contributed by atoms with Gasteiger partial charge >= 0.3 is 5.97 Å². The van der Waals surface area contributed by atoms with Crippen molar-refractivity contribution in [2.24, 2.45) is 0 Å². The zero-order valence-corrected chi connectivity index (χ0v) is 18.3. The van der Waals surface area contributed by atoms with Crippen LogP contribution in [0.25, 0.3) is 11.4 Å². The summed E-state index contributed by atoms with van der Waals surface area (Å²) in [6.07, 6.45) is 0. The molecule has 0 aromatic carbocycles. The largest absolute Gasteiger partial charge is 0.332 e. The van der Waals surface area contributed by atoms with Crippen molar-refractivity contribution in [3.05, 3.63) is 6.07 Å². The van der Waals surface area contributed by atoms with Gasteiger partial charge in [-0.25, -0.2) is 13.2 Å². The van der Waals surface area contributed by atoms with Gasteiger partial charge in [0, 0.05) is 20.0 Å². The Morgan fingerprint density at radius 3 is 2.42 bits per heavy atom. The van der Waals surface area contributed by atoms with Gasteiger partial charge in [-0.05, 0) is 25.8 Å². The number of rotatable bonds is 7. The lowest BCUT2D eigenvalue weighted by Crippen LogP contribution is -2.35. The maximum absolute atomic E-state index is 13.2. The molecule has 2 heterocycles. The molecule has 0 atom stereocenters. The van der Waals surface area contributed by atoms with Crippen molar-refractivity contribution in [1.29, 1.82) is 0 Å². The fraction of sp³-hybridized carbons (Fsp3) is 0.571. The minimum atomic E-state index is -3.72. The van der Waals surface area contributed by atoms with Gasteiger partial charge in [-0.2, -0.15) is 4.31 Å². The standard InChI is InChI=1S/C14H23N5O4S2Si/c1-7-18(8-2)25(21,22)14-11(9-12(24-14)26(4,5)6)13-15-16-17-19(13)23-10(3)20/h9H,7-8H2,1-6H3. The van der Waals surface area contributed by atoms with E-state index in [1.165, 1.54) is 22.6 Å². The summed E-state index contributed by atoms with van der Waals surface area (Å²) in [6.45, 7) is 11.9. The van der Waals surface area contributed by atoms with Crippen LogP contribution >= 0.6 is 11.3 Å². The van der Waals surface area contributed by atoms with Crippen LogP contribution in [0, 0.1) is 0 Å². The van der Waals surface area contributed by atoms with Crippen LogP contribution in [0.3, 0.4) is 0 Å². The third kappa shape index (κ3) is 4.03. The van der Waals surface area contributed by atoms with E-state index in [-0.39, 0.29) is 10.0 Å². The van der Waals surface area contributed by atoms with E-state index in [9.17, 15) is 13.2 Å². The highest BCUT2D eigenvalue weighted by atomic mass is 32.2. The summed E-state index contributed by atoms with van der Waals surface area (Å²) in [5.74, 6) is -0.515. The van der Waals surface area contributed by atoms with Gasteiger partial charge < -0.3 is 4.84 Å². The molecule has 26 heavy (non-hydrogen) atoms. The first-order valence-electron chi connectivity index (χ1n) is 8.14. The molecule has 0 saturated carbocycles. The number of aromatic nitrogens is 4. The van der Waals surface area contributed by atoms with Crippen molar-refractivity contribution in [3.8, 4) is 11.4 Å². The molecular weight excluding hydrogens is 394 g/mol. The Balaban J connectivity index is 2.72. The van der Waals surface area contributed by atoms with Crippen LogP contribution in [-0.2, 0) is 14.8 Å². The van der Waals surface area contributed by atoms with Gasteiger partial charge in [-0.1, -0.05) is 33.5 Å². The number of thiophene rings is 1. The summed E-state index contributed by atoms with van der Waals surface area (Å²) >= 11 is 1.24. The molecule has 0 aliphatic rings. The van der Waals surface area contributed by atoms with Crippen LogP contribution in [0.2, 0.25) is 19.6 Å². The number of carbonyl (C=O) groups excluding carboxylic acids is 1. The molecule has 0 bridgehead atoms. The lowest BCUT2D eigenvalue weighted by Gasteiger charge is -2.18. The Bertz CT molecular complexity index is 897. The molecular formula is C14H23N5O4S2Si. The van der Waals surface area contributed by atoms with Crippen LogP contribution in [-0.4, -0.2) is 60.2 Å². The number of hydrogen-bond donors (Lipinski definition) is 0. The summed E-state index contributed by atoms with van der Waals surface area (Å²) in [5.41, 5.74) is 0.352. The first kappa shape index (κ1) is 20.7. The summed E-state index contributed by atoms with van der Waals surface area (Å²) in [6, 6.07) is 1.80. The highest BCUT2D eigenvalue weighted by Gasteiger charge is 2.33. The van der Waals surface area contributed by atoms with Crippen molar-refractivity contribution in [1.82, 2.24) is 24.7 Å². The van der Waals surface area contributed by atoms with E-state index in [0.29, 0.717) is 18.7 Å². The fourth-order valence-electron chi connectivity index (χ4n) is 2.29. The van der Waals surface area contributed by atoms with Gasteiger partial charge in [0.05, 0.1) is 13.6 Å². The van der Waals surface area contributed by atoms with E-state index in [2.05, 4.69) is 35.2 Å². The van der Waals surface area contributed by atoms with Crippen LogP contribution in [0.15, 0.2) is 10.3 Å². The summed E-state index contributed by atoms with van der Waals surface area (Å²) < 4.78 is 28.9. The topological polar surface area (TPSA) is 107 Å². The molecule has 0 unspecified atom stereocenters. The first-order chi connectivity index (χ1) is 12.0. The molecule has 0 radical (unpaired) electrons. The van der Waals surface area contributed by atoms with Gasteiger partial charge in [0.15, 0.2) is 0 Å². The number of carbonyl (C=O) groups is 1. The van der Waals surface area contributed by atoms with Crippen LogP contribution in [0.5, 0.6) is 0 Å². The smallest absolute Gasteiger partial charge is 0.316 e. The molecule has 9 nitrogen and oxygen atoms in total. The molecule has 2 rings (SSSR count). The minimum absolute atomic E-state index is 0.0895. The molecule has 0 aliphatic heterocycles. The number of sulfonamides is 1. The van der Waals surface area contributed by atoms with Gasteiger partial charge in [-0.3, -0.25) is 0 Å². The Hall–Kier alpha value is -1.63. The summed E-state index contributed by atoms with van der Waals surface area (Å²) in [4.78, 5) is 17.1. The van der Waals surface area contributed by atoms with Crippen LogP contribution in [0.1, 0.15) is 20.8 Å². The highest BCUT2D eigenvalue weighted by molar-refractivity contribution is 7.91. The predicted octanol–water partition coefficient (Wildman–Crippen LogP) is 0.952. The lowest BCUT2D eigenvalue weighted by molar-refractivity contribution is -0.143. The Morgan fingerprint density at radius 1 is 1.31 bits per heavy atom. The van der Waals surface area contributed by atoms with Crippen molar-refractivity contribution in [3.63, 3.8) is 0 Å². The van der Waals surface area contributed by atoms with Crippen molar-refractivity contribution < 1.29 is 18.0 Å². The van der Waals surface area contributed by atoms with E-state index in [1.807, 2.05) is 0 Å². The Morgan fingerprint density at radius 2 is 1.92 bits per heavy atom. The molecule has 0 fully saturated rings.